The maximum atomic E-state index is 13.0. The number of hydrogen-bond donors (Lipinski definition) is 1. The van der Waals surface area contributed by atoms with Crippen LogP contribution in [0.25, 0.3) is 0 Å². The standard InChI is InChI=1S/C19H27N5O/c1-13-9-14(2)12-24(11-13)19(25)16-7-5-6-8-17(16)20-10-18-22-21-15(3)23(18)4/h5-8,13-14,20H,9-12H2,1-4H3/t13-,14-/m1/s1. The number of aromatic nitrogens is 3. The van der Waals surface area contributed by atoms with E-state index in [-0.39, 0.29) is 5.91 Å². The van der Waals surface area contributed by atoms with E-state index in [1.807, 2.05) is 47.7 Å². The lowest BCUT2D eigenvalue weighted by molar-refractivity contribution is 0.0624. The minimum absolute atomic E-state index is 0.107. The molecule has 1 N–H and O–H groups in total. The zero-order valence-electron chi connectivity index (χ0n) is 15.5. The first-order valence-electron chi connectivity index (χ1n) is 8.92. The molecule has 25 heavy (non-hydrogen) atoms. The fourth-order valence-corrected chi connectivity index (χ4v) is 3.60. The van der Waals surface area contributed by atoms with Crippen LogP contribution in [-0.2, 0) is 13.6 Å². The summed E-state index contributed by atoms with van der Waals surface area (Å²) in [4.78, 5) is 15.0. The van der Waals surface area contributed by atoms with E-state index in [0.29, 0.717) is 18.4 Å². The van der Waals surface area contributed by atoms with Crippen LogP contribution in [0.3, 0.4) is 0 Å². The number of benzene rings is 1. The average Bonchev–Trinajstić information content (AvgIpc) is 2.90. The summed E-state index contributed by atoms with van der Waals surface area (Å²) in [6, 6.07) is 7.72. The average molecular weight is 341 g/mol. The van der Waals surface area contributed by atoms with Crippen LogP contribution in [0.5, 0.6) is 0 Å². The highest BCUT2D eigenvalue weighted by Crippen LogP contribution is 2.25. The molecule has 6 heteroatoms. The van der Waals surface area contributed by atoms with Crippen molar-refractivity contribution in [2.24, 2.45) is 18.9 Å². The first kappa shape index (κ1) is 17.5. The van der Waals surface area contributed by atoms with Gasteiger partial charge in [0.1, 0.15) is 5.82 Å². The van der Waals surface area contributed by atoms with Crippen LogP contribution < -0.4 is 5.32 Å². The third-order valence-electron chi connectivity index (χ3n) is 4.93. The Hall–Kier alpha value is -2.37. The van der Waals surface area contributed by atoms with Crippen LogP contribution in [0.15, 0.2) is 24.3 Å². The van der Waals surface area contributed by atoms with Crippen LogP contribution in [-0.4, -0.2) is 38.7 Å². The number of carbonyl (C=O) groups excluding carboxylic acids is 1. The van der Waals surface area contributed by atoms with Crippen molar-refractivity contribution in [1.29, 1.82) is 0 Å². The molecule has 134 valence electrons. The molecule has 1 aliphatic heterocycles. The number of para-hydroxylation sites is 1. The van der Waals surface area contributed by atoms with Crippen molar-refractivity contribution in [3.63, 3.8) is 0 Å². The fourth-order valence-electron chi connectivity index (χ4n) is 3.60. The Morgan fingerprint density at radius 2 is 1.88 bits per heavy atom. The van der Waals surface area contributed by atoms with Gasteiger partial charge in [-0.2, -0.15) is 0 Å². The molecule has 3 rings (SSSR count). The predicted octanol–water partition coefficient (Wildman–Crippen LogP) is 2.85. The maximum Gasteiger partial charge on any atom is 0.255 e. The highest BCUT2D eigenvalue weighted by Gasteiger charge is 2.27. The van der Waals surface area contributed by atoms with Crippen molar-refractivity contribution >= 4 is 11.6 Å². The number of rotatable bonds is 4. The summed E-state index contributed by atoms with van der Waals surface area (Å²) >= 11 is 0. The second-order valence-electron chi connectivity index (χ2n) is 7.28. The third kappa shape index (κ3) is 3.83. The molecule has 2 heterocycles. The van der Waals surface area contributed by atoms with Gasteiger partial charge in [0.2, 0.25) is 0 Å². The molecule has 1 fully saturated rings. The second-order valence-corrected chi connectivity index (χ2v) is 7.28. The van der Waals surface area contributed by atoms with Crippen molar-refractivity contribution in [2.45, 2.75) is 33.7 Å². The molecule has 0 saturated carbocycles. The van der Waals surface area contributed by atoms with E-state index in [4.69, 9.17) is 0 Å². The molecule has 0 spiro atoms. The Kier molecular flexibility index (Phi) is 5.06. The van der Waals surface area contributed by atoms with Gasteiger partial charge in [0, 0.05) is 25.8 Å². The summed E-state index contributed by atoms with van der Waals surface area (Å²) in [6.07, 6.45) is 1.19. The van der Waals surface area contributed by atoms with Gasteiger partial charge >= 0.3 is 0 Å². The summed E-state index contributed by atoms with van der Waals surface area (Å²) in [5.41, 5.74) is 1.57. The highest BCUT2D eigenvalue weighted by molar-refractivity contribution is 5.99. The quantitative estimate of drug-likeness (QED) is 0.929. The van der Waals surface area contributed by atoms with E-state index in [1.54, 1.807) is 0 Å². The number of carbonyl (C=O) groups is 1. The Bertz CT molecular complexity index is 744. The summed E-state index contributed by atoms with van der Waals surface area (Å²) in [5, 5.41) is 11.6. The number of aryl methyl sites for hydroxylation is 1. The number of piperidine rings is 1. The predicted molar refractivity (Wildman–Crippen MR) is 98.4 cm³/mol. The fraction of sp³-hybridized carbons (Fsp3) is 0.526. The lowest BCUT2D eigenvalue weighted by atomic mass is 9.91. The third-order valence-corrected chi connectivity index (χ3v) is 4.93. The minimum atomic E-state index is 0.107. The molecule has 0 radical (unpaired) electrons. The molecule has 1 aromatic carbocycles. The van der Waals surface area contributed by atoms with Crippen molar-refractivity contribution < 1.29 is 4.79 Å². The molecule has 1 saturated heterocycles. The molecule has 0 unspecified atom stereocenters. The first-order chi connectivity index (χ1) is 12.0. The van der Waals surface area contributed by atoms with Crippen LogP contribution in [0.1, 0.15) is 42.3 Å². The highest BCUT2D eigenvalue weighted by atomic mass is 16.2. The first-order valence-corrected chi connectivity index (χ1v) is 8.92. The zero-order valence-corrected chi connectivity index (χ0v) is 15.5. The molecule has 0 bridgehead atoms. The monoisotopic (exact) mass is 341 g/mol. The lowest BCUT2D eigenvalue weighted by Gasteiger charge is -2.35. The van der Waals surface area contributed by atoms with E-state index in [2.05, 4.69) is 29.4 Å². The van der Waals surface area contributed by atoms with E-state index < -0.39 is 0 Å². The molecule has 6 nitrogen and oxygen atoms in total. The second kappa shape index (κ2) is 7.25. The van der Waals surface area contributed by atoms with Gasteiger partial charge < -0.3 is 14.8 Å². The van der Waals surface area contributed by atoms with E-state index in [9.17, 15) is 4.79 Å². The van der Waals surface area contributed by atoms with Gasteiger partial charge in [0.25, 0.3) is 5.91 Å². The Morgan fingerprint density at radius 3 is 2.52 bits per heavy atom. The van der Waals surface area contributed by atoms with E-state index in [1.165, 1.54) is 6.42 Å². The number of hydrogen-bond acceptors (Lipinski definition) is 4. The molecule has 1 amide bonds. The smallest absolute Gasteiger partial charge is 0.255 e. The van der Waals surface area contributed by atoms with Gasteiger partial charge in [0.15, 0.2) is 5.82 Å². The van der Waals surface area contributed by atoms with Crippen molar-refractivity contribution in [3.8, 4) is 0 Å². The summed E-state index contributed by atoms with van der Waals surface area (Å²) < 4.78 is 1.95. The Balaban J connectivity index is 1.76. The van der Waals surface area contributed by atoms with E-state index >= 15 is 0 Å². The summed E-state index contributed by atoms with van der Waals surface area (Å²) in [5.74, 6) is 2.93. The van der Waals surface area contributed by atoms with Crippen LogP contribution in [0.2, 0.25) is 0 Å². The number of nitrogens with zero attached hydrogens (tertiary/aromatic N) is 4. The van der Waals surface area contributed by atoms with Gasteiger partial charge in [-0.1, -0.05) is 26.0 Å². The summed E-state index contributed by atoms with van der Waals surface area (Å²) in [7, 11) is 1.94. The number of anilines is 1. The molecule has 1 aliphatic rings. The van der Waals surface area contributed by atoms with E-state index in [0.717, 1.165) is 36.0 Å². The van der Waals surface area contributed by atoms with Crippen LogP contribution in [0.4, 0.5) is 5.69 Å². The number of likely N-dealkylation sites (tertiary alicyclic amines) is 1. The van der Waals surface area contributed by atoms with Gasteiger partial charge in [-0.25, -0.2) is 0 Å². The topological polar surface area (TPSA) is 63.1 Å². The molecule has 0 aliphatic carbocycles. The van der Waals surface area contributed by atoms with Gasteiger partial charge in [-0.3, -0.25) is 4.79 Å². The minimum Gasteiger partial charge on any atom is -0.377 e. The van der Waals surface area contributed by atoms with Crippen LogP contribution >= 0.6 is 0 Å². The maximum absolute atomic E-state index is 13.0. The molecule has 2 aromatic rings. The SMILES string of the molecule is Cc1nnc(CNc2ccccc2C(=O)N2C[C@H](C)C[C@@H](C)C2)n1C. The Labute approximate surface area is 149 Å². The van der Waals surface area contributed by atoms with Crippen LogP contribution in [0, 0.1) is 18.8 Å². The Morgan fingerprint density at radius 1 is 1.20 bits per heavy atom. The van der Waals surface area contributed by atoms with Gasteiger partial charge in [0.05, 0.1) is 12.1 Å². The number of amides is 1. The van der Waals surface area contributed by atoms with Crippen molar-refractivity contribution in [2.75, 3.05) is 18.4 Å². The van der Waals surface area contributed by atoms with Gasteiger partial charge in [-0.15, -0.1) is 10.2 Å². The molecule has 1 aromatic heterocycles. The molecule has 2 atom stereocenters. The largest absolute Gasteiger partial charge is 0.377 e. The van der Waals surface area contributed by atoms with Crippen molar-refractivity contribution in [1.82, 2.24) is 19.7 Å². The normalized spacial score (nSPS) is 20.6. The summed E-state index contributed by atoms with van der Waals surface area (Å²) in [6.45, 7) is 8.56. The molecular formula is C19H27N5O. The number of nitrogens with one attached hydrogen (secondary N) is 1. The lowest BCUT2D eigenvalue weighted by Crippen LogP contribution is -2.42. The zero-order chi connectivity index (χ0) is 18.0. The van der Waals surface area contributed by atoms with Gasteiger partial charge in [-0.05, 0) is 37.3 Å². The van der Waals surface area contributed by atoms with Crippen molar-refractivity contribution in [3.05, 3.63) is 41.5 Å². The molecular weight excluding hydrogens is 314 g/mol.